The van der Waals surface area contributed by atoms with Gasteiger partial charge < -0.3 is 56.4 Å². The van der Waals surface area contributed by atoms with E-state index in [1.807, 2.05) is 6.92 Å². The molecule has 4 atom stereocenters. The molecule has 13 nitrogen and oxygen atoms in total. The molecule has 0 unspecified atom stereocenters. The Bertz CT molecular complexity index is 1510. The first-order chi connectivity index (χ1) is 25.0. The minimum atomic E-state index is -3.18. The maximum atomic E-state index is 12.0. The normalized spacial score (nSPS) is 14.9. The highest BCUT2D eigenvalue weighted by atomic mass is 31.2. The topological polar surface area (TPSA) is 231 Å². The Balaban J connectivity index is -0.0000000864. The molecule has 26 heteroatoms. The Labute approximate surface area is 363 Å². The zero-order chi connectivity index (χ0) is 52.1. The summed E-state index contributed by atoms with van der Waals surface area (Å²) >= 11 is 0. The van der Waals surface area contributed by atoms with Crippen molar-refractivity contribution in [3.05, 3.63) is 0 Å². The van der Waals surface area contributed by atoms with Crippen molar-refractivity contribution >= 4 is 69.8 Å². The lowest BCUT2D eigenvalue weighted by molar-refractivity contribution is -0.110. The molecule has 0 rings (SSSR count). The van der Waals surface area contributed by atoms with Gasteiger partial charge in [0.05, 0.1) is 7.14 Å². The first kappa shape index (κ1) is 78.5. The SMILES string of the molecule is CC(=O)P(C)(C)=O.CC(F)(F)P(C)(C)=O.CC(O)(P(C)(C)=O)P(C)(C)=O.CCP(C)(C)=O.C[C@@H](F)P(C)(C)=O.C[C@@H](O)P(C)(C)=O.C[C@H](F)P(C)(C)=O.C[C@H](O)P(C)(C)=O. The number of hydrogen-bond acceptors (Lipinski definition) is 13. The second-order valence-electron chi connectivity index (χ2n) is 17.8. The average molecular weight is 1060 g/mol. The number of carbonyl (C=O) groups is 1. The van der Waals surface area contributed by atoms with E-state index in [0.29, 0.717) is 6.92 Å². The Hall–Kier alpha value is 1.34. The van der Waals surface area contributed by atoms with Gasteiger partial charge in [-0.05, 0) is 161 Å². The molecule has 0 saturated carbocycles. The number of alkyl halides is 4. The molecular formula is C34H87F4O13P9. The van der Waals surface area contributed by atoms with Gasteiger partial charge in [-0.3, -0.25) is 4.79 Å². The van der Waals surface area contributed by atoms with Crippen molar-refractivity contribution in [2.24, 2.45) is 0 Å². The van der Waals surface area contributed by atoms with Crippen LogP contribution in [0.2, 0.25) is 0 Å². The molecule has 374 valence electrons. The van der Waals surface area contributed by atoms with Crippen molar-refractivity contribution < 1.29 is 78.8 Å². The highest BCUT2D eigenvalue weighted by molar-refractivity contribution is 7.81. The van der Waals surface area contributed by atoms with E-state index in [0.717, 1.165) is 19.5 Å². The van der Waals surface area contributed by atoms with Gasteiger partial charge in [0.15, 0.2) is 10.6 Å². The second-order valence-corrected chi connectivity index (χ2v) is 50.3. The van der Waals surface area contributed by atoms with Crippen molar-refractivity contribution in [1.82, 2.24) is 0 Å². The average Bonchev–Trinajstić information content (AvgIpc) is 2.90. The van der Waals surface area contributed by atoms with Gasteiger partial charge in [0.2, 0.25) is 0 Å². The predicted octanol–water partition coefficient (Wildman–Crippen LogP) is 12.6. The van der Waals surface area contributed by atoms with Crippen LogP contribution in [0.3, 0.4) is 0 Å². The van der Waals surface area contributed by atoms with Crippen LogP contribution >= 0.6 is 64.3 Å². The van der Waals surface area contributed by atoms with Gasteiger partial charge >= 0.3 is 0 Å². The number of rotatable bonds is 9. The number of halogens is 4. The van der Waals surface area contributed by atoms with Crippen molar-refractivity contribution in [2.75, 3.05) is 126 Å². The lowest BCUT2D eigenvalue weighted by Crippen LogP contribution is -2.22. The third-order valence-electron chi connectivity index (χ3n) is 8.02. The summed E-state index contributed by atoms with van der Waals surface area (Å²) < 4.78 is 145. The van der Waals surface area contributed by atoms with E-state index in [4.69, 9.17) is 10.2 Å². The fourth-order valence-electron chi connectivity index (χ4n) is 0.580. The van der Waals surface area contributed by atoms with Crippen LogP contribution in [0.25, 0.3) is 0 Å². The van der Waals surface area contributed by atoms with E-state index in [-0.39, 0.29) is 5.52 Å². The summed E-state index contributed by atoms with van der Waals surface area (Å²) in [7, 11) is -21.8. The molecule has 0 aliphatic carbocycles. The summed E-state index contributed by atoms with van der Waals surface area (Å²) in [5.41, 5.74) is -3.21. The van der Waals surface area contributed by atoms with Gasteiger partial charge in [-0.15, -0.1) is 0 Å². The smallest absolute Gasteiger partial charge is 0.294 e. The molecule has 0 saturated heterocycles. The fraction of sp³-hybridized carbons (Fsp3) is 0.971. The molecule has 0 spiro atoms. The Morgan fingerprint density at radius 3 is 0.617 bits per heavy atom. The van der Waals surface area contributed by atoms with Crippen LogP contribution in [0.4, 0.5) is 17.6 Å². The third kappa shape index (κ3) is 53.7. The highest BCUT2D eigenvalue weighted by Gasteiger charge is 2.45. The molecule has 3 N–H and O–H groups in total. The van der Waals surface area contributed by atoms with E-state index in [1.165, 1.54) is 94.3 Å². The van der Waals surface area contributed by atoms with E-state index in [2.05, 4.69) is 0 Å². The molecule has 0 amide bonds. The van der Waals surface area contributed by atoms with E-state index in [9.17, 15) is 68.5 Å². The lowest BCUT2D eigenvalue weighted by Gasteiger charge is -2.31. The standard InChI is InChI=1S/C6H16O3P2.C4H9F2OP.2C4H10FOP.2C4H11O2P.C4H9O2P.C4H11OP/c1-6(7,10(2,3)8)11(4,5)9;1-4(5,6)8(2,3)7;5*1-4(5)7(2,3)6;1-4-6(2,3)5/h7H,1-5H3;1-3H3;2*4H,1-3H3;2*4-5H,1-3H3;1-3H3;4H2,1-3H3/t;;4*4-;;/m..1010../s1. The quantitative estimate of drug-likeness (QED) is 0.144. The molecule has 0 heterocycles. The molecule has 0 aromatic heterocycles. The van der Waals surface area contributed by atoms with E-state index >= 15 is 0 Å². The Morgan fingerprint density at radius 1 is 0.500 bits per heavy atom. The maximum absolute atomic E-state index is 12.0. The van der Waals surface area contributed by atoms with Crippen LogP contribution < -0.4 is 0 Å². The number of carbonyl (C=O) groups excluding carboxylic acids is 1. The first-order valence-electron chi connectivity index (χ1n) is 18.2. The minimum absolute atomic E-state index is 0.201. The second kappa shape index (κ2) is 30.6. The van der Waals surface area contributed by atoms with Crippen molar-refractivity contribution in [1.29, 1.82) is 0 Å². The monoisotopic (exact) mass is 1060 g/mol. The molecule has 0 radical (unpaired) electrons. The fourth-order valence-corrected chi connectivity index (χ4v) is 5.22. The van der Waals surface area contributed by atoms with Crippen LogP contribution in [0.5, 0.6) is 0 Å². The lowest BCUT2D eigenvalue weighted by atomic mass is 10.8. The summed E-state index contributed by atoms with van der Waals surface area (Å²) in [4.78, 5) is 10.2. The van der Waals surface area contributed by atoms with Gasteiger partial charge in [-0.2, -0.15) is 8.78 Å². The first-order valence-corrected chi connectivity index (χ1v) is 42.1. The summed E-state index contributed by atoms with van der Waals surface area (Å²) in [6, 6.07) is 0. The van der Waals surface area contributed by atoms with Crippen molar-refractivity contribution in [3.8, 4) is 0 Å². The highest BCUT2D eigenvalue weighted by Crippen LogP contribution is 2.68. The zero-order valence-corrected chi connectivity index (χ0v) is 49.5. The van der Waals surface area contributed by atoms with Crippen molar-refractivity contribution in [3.63, 3.8) is 0 Å². The summed E-state index contributed by atoms with van der Waals surface area (Å²) in [6.07, 6.45) is 0.826. The van der Waals surface area contributed by atoms with Gasteiger partial charge in [-0.25, -0.2) is 8.78 Å². The molecule has 0 fully saturated rings. The van der Waals surface area contributed by atoms with Crippen LogP contribution in [0, 0.1) is 0 Å². The molecule has 0 aliphatic rings. The van der Waals surface area contributed by atoms with Gasteiger partial charge in [0.1, 0.15) is 80.7 Å². The van der Waals surface area contributed by atoms with Crippen molar-refractivity contribution in [2.45, 2.75) is 89.7 Å². The molecule has 0 aliphatic heterocycles. The van der Waals surface area contributed by atoms with E-state index in [1.54, 1.807) is 53.8 Å². The third-order valence-corrected chi connectivity index (χ3v) is 26.9. The summed E-state index contributed by atoms with van der Waals surface area (Å²) in [5.74, 6) is -3.58. The van der Waals surface area contributed by atoms with Crippen LogP contribution in [-0.4, -0.2) is 181 Å². The van der Waals surface area contributed by atoms with Crippen LogP contribution in [-0.2, 0) is 45.9 Å². The molecule has 0 bridgehead atoms. The number of aliphatic hydroxyl groups excluding tert-OH is 2. The molecular weight excluding hydrogens is 971 g/mol. The van der Waals surface area contributed by atoms with Gasteiger partial charge in [0.25, 0.3) is 5.66 Å². The molecule has 0 aromatic carbocycles. The Kier molecular flexibility index (Phi) is 40.0. The van der Waals surface area contributed by atoms with Crippen LogP contribution in [0.15, 0.2) is 0 Å². The van der Waals surface area contributed by atoms with Gasteiger partial charge in [-0.1, -0.05) is 6.92 Å². The van der Waals surface area contributed by atoms with E-state index < -0.39 is 98.5 Å². The summed E-state index contributed by atoms with van der Waals surface area (Å²) in [5, 5.41) is 25.4. The zero-order valence-electron chi connectivity index (χ0n) is 41.5. The maximum Gasteiger partial charge on any atom is 0.294 e. The predicted molar refractivity (Wildman–Crippen MR) is 262 cm³/mol. The number of aliphatic hydroxyl groups is 3. The van der Waals surface area contributed by atoms with Gasteiger partial charge in [0, 0.05) is 13.8 Å². The Morgan fingerprint density at radius 2 is 0.617 bits per heavy atom. The molecule has 60 heavy (non-hydrogen) atoms. The largest absolute Gasteiger partial charge is 0.386 e. The summed E-state index contributed by atoms with van der Waals surface area (Å²) in [6.45, 7) is 37.6. The molecule has 0 aromatic rings. The number of hydrogen-bond donors (Lipinski definition) is 3. The minimum Gasteiger partial charge on any atom is -0.386 e. The van der Waals surface area contributed by atoms with Crippen LogP contribution in [0.1, 0.15) is 55.4 Å².